The minimum atomic E-state index is -0.0419. The summed E-state index contributed by atoms with van der Waals surface area (Å²) in [5.41, 5.74) is 3.76. The highest BCUT2D eigenvalue weighted by Gasteiger charge is 2.23. The van der Waals surface area contributed by atoms with Crippen LogP contribution in [0.2, 0.25) is 0 Å². The van der Waals surface area contributed by atoms with Gasteiger partial charge in [-0.1, -0.05) is 42.0 Å². The SMILES string of the molecule is Cc1cccc(CN[C@H](C)c2ccc(OCC(=O)NC3CC3)cc2)c1. The van der Waals surface area contributed by atoms with E-state index in [2.05, 4.69) is 48.7 Å². The summed E-state index contributed by atoms with van der Waals surface area (Å²) in [7, 11) is 0. The van der Waals surface area contributed by atoms with E-state index in [-0.39, 0.29) is 18.6 Å². The quantitative estimate of drug-likeness (QED) is 0.774. The first-order valence-electron chi connectivity index (χ1n) is 8.91. The van der Waals surface area contributed by atoms with Crippen LogP contribution < -0.4 is 15.4 Å². The zero-order valence-electron chi connectivity index (χ0n) is 14.9. The van der Waals surface area contributed by atoms with Crippen LogP contribution in [-0.4, -0.2) is 18.6 Å². The Kier molecular flexibility index (Phi) is 5.71. The van der Waals surface area contributed by atoms with Gasteiger partial charge in [-0.2, -0.15) is 0 Å². The number of amides is 1. The molecule has 2 N–H and O–H groups in total. The fraction of sp³-hybridized carbons (Fsp3) is 0.381. The second-order valence-corrected chi connectivity index (χ2v) is 6.79. The van der Waals surface area contributed by atoms with Crippen molar-refractivity contribution < 1.29 is 9.53 Å². The minimum absolute atomic E-state index is 0.0419. The first-order valence-corrected chi connectivity index (χ1v) is 8.91. The van der Waals surface area contributed by atoms with Gasteiger partial charge in [-0.3, -0.25) is 4.79 Å². The molecule has 0 unspecified atom stereocenters. The molecular formula is C21H26N2O2. The zero-order valence-corrected chi connectivity index (χ0v) is 14.9. The van der Waals surface area contributed by atoms with Gasteiger partial charge in [0.05, 0.1) is 0 Å². The van der Waals surface area contributed by atoms with E-state index in [1.54, 1.807) is 0 Å². The fourth-order valence-electron chi connectivity index (χ4n) is 2.71. The van der Waals surface area contributed by atoms with Crippen LogP contribution >= 0.6 is 0 Å². The van der Waals surface area contributed by atoms with Crippen LogP contribution in [-0.2, 0) is 11.3 Å². The van der Waals surface area contributed by atoms with Gasteiger partial charge in [-0.25, -0.2) is 0 Å². The van der Waals surface area contributed by atoms with E-state index in [1.807, 2.05) is 24.3 Å². The van der Waals surface area contributed by atoms with E-state index >= 15 is 0 Å². The van der Waals surface area contributed by atoms with Gasteiger partial charge in [0.25, 0.3) is 5.91 Å². The zero-order chi connectivity index (χ0) is 17.6. The smallest absolute Gasteiger partial charge is 0.258 e. The van der Waals surface area contributed by atoms with Gasteiger partial charge in [-0.15, -0.1) is 0 Å². The standard InChI is InChI=1S/C21H26N2O2/c1-15-4-3-5-17(12-15)13-22-16(2)18-6-10-20(11-7-18)25-14-21(24)23-19-8-9-19/h3-7,10-12,16,19,22H,8-9,13-14H2,1-2H3,(H,23,24)/t16-/m1/s1. The number of rotatable bonds is 8. The molecule has 4 nitrogen and oxygen atoms in total. The molecule has 1 aliphatic rings. The molecule has 1 atom stereocenters. The Bertz CT molecular complexity index is 708. The van der Waals surface area contributed by atoms with Gasteiger partial charge >= 0.3 is 0 Å². The normalized spacial score (nSPS) is 14.8. The second kappa shape index (κ2) is 8.17. The molecule has 0 saturated heterocycles. The summed E-state index contributed by atoms with van der Waals surface area (Å²) < 4.78 is 5.54. The van der Waals surface area contributed by atoms with Crippen molar-refractivity contribution in [2.24, 2.45) is 0 Å². The Hall–Kier alpha value is -2.33. The largest absolute Gasteiger partial charge is 0.484 e. The van der Waals surface area contributed by atoms with Gasteiger partial charge in [-0.05, 0) is 49.9 Å². The fourth-order valence-corrected chi connectivity index (χ4v) is 2.71. The van der Waals surface area contributed by atoms with Gasteiger partial charge in [0.1, 0.15) is 5.75 Å². The molecule has 2 aromatic carbocycles. The summed E-state index contributed by atoms with van der Waals surface area (Å²) in [5, 5.41) is 6.45. The van der Waals surface area contributed by atoms with Crippen molar-refractivity contribution in [1.82, 2.24) is 10.6 Å². The van der Waals surface area contributed by atoms with Crippen LogP contribution in [0, 0.1) is 6.92 Å². The number of hydrogen-bond donors (Lipinski definition) is 2. The molecule has 25 heavy (non-hydrogen) atoms. The van der Waals surface area contributed by atoms with Crippen molar-refractivity contribution in [1.29, 1.82) is 0 Å². The minimum Gasteiger partial charge on any atom is -0.484 e. The highest BCUT2D eigenvalue weighted by atomic mass is 16.5. The molecule has 0 aliphatic heterocycles. The molecular weight excluding hydrogens is 312 g/mol. The lowest BCUT2D eigenvalue weighted by molar-refractivity contribution is -0.123. The Morgan fingerprint density at radius 2 is 1.96 bits per heavy atom. The van der Waals surface area contributed by atoms with E-state index in [0.717, 1.165) is 25.1 Å². The first kappa shape index (κ1) is 17.5. The maximum atomic E-state index is 11.6. The summed E-state index contributed by atoms with van der Waals surface area (Å²) in [6.45, 7) is 5.17. The van der Waals surface area contributed by atoms with E-state index < -0.39 is 0 Å². The molecule has 0 heterocycles. The van der Waals surface area contributed by atoms with E-state index in [4.69, 9.17) is 4.74 Å². The number of nitrogens with one attached hydrogen (secondary N) is 2. The van der Waals surface area contributed by atoms with Crippen LogP contribution in [0.25, 0.3) is 0 Å². The Labute approximate surface area is 149 Å². The summed E-state index contributed by atoms with van der Waals surface area (Å²) in [6.07, 6.45) is 2.18. The maximum absolute atomic E-state index is 11.6. The topological polar surface area (TPSA) is 50.4 Å². The highest BCUT2D eigenvalue weighted by molar-refractivity contribution is 5.78. The predicted octanol–water partition coefficient (Wildman–Crippen LogP) is 3.50. The lowest BCUT2D eigenvalue weighted by Gasteiger charge is -2.15. The van der Waals surface area contributed by atoms with Crippen LogP contribution in [0.4, 0.5) is 0 Å². The number of ether oxygens (including phenoxy) is 1. The van der Waals surface area contributed by atoms with Crippen molar-refractivity contribution in [3.05, 3.63) is 65.2 Å². The third-order valence-corrected chi connectivity index (χ3v) is 4.39. The number of hydrogen-bond acceptors (Lipinski definition) is 3. The molecule has 2 aromatic rings. The molecule has 0 spiro atoms. The molecule has 0 bridgehead atoms. The summed E-state index contributed by atoms with van der Waals surface area (Å²) in [6, 6.07) is 17.1. The Morgan fingerprint density at radius 1 is 1.20 bits per heavy atom. The Morgan fingerprint density at radius 3 is 2.64 bits per heavy atom. The molecule has 1 fully saturated rings. The van der Waals surface area contributed by atoms with Gasteiger partial charge in [0.15, 0.2) is 6.61 Å². The van der Waals surface area contributed by atoms with Crippen molar-refractivity contribution in [2.45, 2.75) is 45.3 Å². The number of carbonyl (C=O) groups excluding carboxylic acids is 1. The number of aryl methyl sites for hydroxylation is 1. The van der Waals surface area contributed by atoms with E-state index in [0.29, 0.717) is 6.04 Å². The highest BCUT2D eigenvalue weighted by Crippen LogP contribution is 2.20. The van der Waals surface area contributed by atoms with Crippen molar-refractivity contribution >= 4 is 5.91 Å². The molecule has 0 aromatic heterocycles. The molecule has 0 radical (unpaired) electrons. The van der Waals surface area contributed by atoms with Crippen molar-refractivity contribution in [3.8, 4) is 5.75 Å². The van der Waals surface area contributed by atoms with Crippen LogP contribution in [0.3, 0.4) is 0 Å². The average molecular weight is 338 g/mol. The monoisotopic (exact) mass is 338 g/mol. The number of carbonyl (C=O) groups is 1. The van der Waals surface area contributed by atoms with Crippen LogP contribution in [0.1, 0.15) is 42.5 Å². The second-order valence-electron chi connectivity index (χ2n) is 6.79. The lowest BCUT2D eigenvalue weighted by atomic mass is 10.1. The predicted molar refractivity (Wildman–Crippen MR) is 99.5 cm³/mol. The molecule has 3 rings (SSSR count). The summed E-state index contributed by atoms with van der Waals surface area (Å²) in [4.78, 5) is 11.6. The molecule has 1 aliphatic carbocycles. The molecule has 1 saturated carbocycles. The Balaban J connectivity index is 1.46. The van der Waals surface area contributed by atoms with Gasteiger partial charge in [0, 0.05) is 18.6 Å². The average Bonchev–Trinajstić information content (AvgIpc) is 3.42. The molecule has 1 amide bonds. The lowest BCUT2D eigenvalue weighted by Crippen LogP contribution is -2.30. The summed E-state index contributed by atoms with van der Waals surface area (Å²) in [5.74, 6) is 0.681. The van der Waals surface area contributed by atoms with Crippen molar-refractivity contribution in [3.63, 3.8) is 0 Å². The number of benzene rings is 2. The van der Waals surface area contributed by atoms with Crippen molar-refractivity contribution in [2.75, 3.05) is 6.61 Å². The van der Waals surface area contributed by atoms with Crippen LogP contribution in [0.15, 0.2) is 48.5 Å². The molecule has 4 heteroatoms. The molecule has 132 valence electrons. The van der Waals surface area contributed by atoms with Crippen LogP contribution in [0.5, 0.6) is 5.75 Å². The van der Waals surface area contributed by atoms with Gasteiger partial charge < -0.3 is 15.4 Å². The third-order valence-electron chi connectivity index (χ3n) is 4.39. The van der Waals surface area contributed by atoms with Gasteiger partial charge in [0.2, 0.25) is 0 Å². The van der Waals surface area contributed by atoms with E-state index in [1.165, 1.54) is 16.7 Å². The third kappa shape index (κ3) is 5.61. The maximum Gasteiger partial charge on any atom is 0.258 e. The van der Waals surface area contributed by atoms with E-state index in [9.17, 15) is 4.79 Å². The summed E-state index contributed by atoms with van der Waals surface area (Å²) >= 11 is 0. The first-order chi connectivity index (χ1) is 12.1.